The number of fused-ring (bicyclic) bond motifs is 1. The first-order valence-electron chi connectivity index (χ1n) is 7.15. The Hall–Kier alpha value is -2.38. The van der Waals surface area contributed by atoms with Gasteiger partial charge in [0.1, 0.15) is 11.4 Å². The lowest BCUT2D eigenvalue weighted by Gasteiger charge is -2.07. The molecule has 6 nitrogen and oxygen atoms in total. The number of H-pyrrole nitrogens is 1. The number of hydrogen-bond donors (Lipinski definition) is 2. The average Bonchev–Trinajstić information content (AvgIpc) is 2.98. The number of pyridine rings is 1. The summed E-state index contributed by atoms with van der Waals surface area (Å²) in [6.45, 7) is 0.316. The van der Waals surface area contributed by atoms with Crippen LogP contribution in [0.4, 0.5) is 0 Å². The molecular formula is C16H17N3O3S. The molecule has 0 unspecified atom stereocenters. The van der Waals surface area contributed by atoms with Gasteiger partial charge in [-0.05, 0) is 48.4 Å². The molecule has 0 aliphatic carbocycles. The van der Waals surface area contributed by atoms with Crippen molar-refractivity contribution < 1.29 is 13.2 Å². The Kier molecular flexibility index (Phi) is 4.31. The van der Waals surface area contributed by atoms with Gasteiger partial charge in [0.2, 0.25) is 10.0 Å². The van der Waals surface area contributed by atoms with Crippen LogP contribution in [0.5, 0.6) is 5.75 Å². The summed E-state index contributed by atoms with van der Waals surface area (Å²) in [5.41, 5.74) is 1.84. The van der Waals surface area contributed by atoms with E-state index in [-0.39, 0.29) is 4.90 Å². The highest BCUT2D eigenvalue weighted by atomic mass is 32.2. The Labute approximate surface area is 134 Å². The number of aromatic nitrogens is 2. The molecule has 0 saturated carbocycles. The van der Waals surface area contributed by atoms with E-state index in [0.29, 0.717) is 18.7 Å². The Bertz CT molecular complexity index is 902. The van der Waals surface area contributed by atoms with Crippen molar-refractivity contribution in [1.29, 1.82) is 0 Å². The minimum absolute atomic E-state index is 0.221. The lowest BCUT2D eigenvalue weighted by atomic mass is 10.2. The fourth-order valence-corrected chi connectivity index (χ4v) is 3.41. The van der Waals surface area contributed by atoms with Crippen LogP contribution in [0.2, 0.25) is 0 Å². The van der Waals surface area contributed by atoms with Crippen molar-refractivity contribution in [3.8, 4) is 5.75 Å². The first-order chi connectivity index (χ1) is 11.1. The van der Waals surface area contributed by atoms with Crippen LogP contribution < -0.4 is 9.46 Å². The normalized spacial score (nSPS) is 11.7. The Morgan fingerprint density at radius 2 is 2.00 bits per heavy atom. The van der Waals surface area contributed by atoms with Crippen LogP contribution in [0.15, 0.2) is 53.7 Å². The molecule has 2 N–H and O–H groups in total. The molecule has 2 aromatic heterocycles. The summed E-state index contributed by atoms with van der Waals surface area (Å²) in [5, 5.41) is 1.01. The highest BCUT2D eigenvalue weighted by Gasteiger charge is 2.14. The van der Waals surface area contributed by atoms with Crippen LogP contribution >= 0.6 is 0 Å². The van der Waals surface area contributed by atoms with Crippen molar-refractivity contribution in [2.75, 3.05) is 13.7 Å². The monoisotopic (exact) mass is 331 g/mol. The van der Waals surface area contributed by atoms with E-state index in [2.05, 4.69) is 14.7 Å². The van der Waals surface area contributed by atoms with Crippen molar-refractivity contribution in [2.45, 2.75) is 11.3 Å². The summed E-state index contributed by atoms with van der Waals surface area (Å²) < 4.78 is 32.1. The predicted molar refractivity (Wildman–Crippen MR) is 88.0 cm³/mol. The van der Waals surface area contributed by atoms with E-state index in [1.807, 2.05) is 18.3 Å². The maximum atomic E-state index is 12.3. The minimum atomic E-state index is -3.52. The molecule has 7 heteroatoms. The van der Waals surface area contributed by atoms with Crippen molar-refractivity contribution in [1.82, 2.24) is 14.7 Å². The van der Waals surface area contributed by atoms with E-state index in [1.165, 1.54) is 19.2 Å². The summed E-state index contributed by atoms with van der Waals surface area (Å²) >= 11 is 0. The quantitative estimate of drug-likeness (QED) is 0.724. The average molecular weight is 331 g/mol. The third-order valence-electron chi connectivity index (χ3n) is 3.59. The van der Waals surface area contributed by atoms with Crippen LogP contribution in [0.1, 0.15) is 5.56 Å². The topological polar surface area (TPSA) is 84.1 Å². The van der Waals surface area contributed by atoms with Crippen LogP contribution in [-0.2, 0) is 16.4 Å². The molecule has 120 valence electrons. The van der Waals surface area contributed by atoms with Crippen LogP contribution in [-0.4, -0.2) is 32.0 Å². The second kappa shape index (κ2) is 6.39. The van der Waals surface area contributed by atoms with Crippen LogP contribution in [0.3, 0.4) is 0 Å². The van der Waals surface area contributed by atoms with Gasteiger partial charge in [0.05, 0.1) is 12.0 Å². The van der Waals surface area contributed by atoms with Crippen LogP contribution in [0.25, 0.3) is 11.0 Å². The zero-order chi connectivity index (χ0) is 16.3. The van der Waals surface area contributed by atoms with Gasteiger partial charge in [-0.1, -0.05) is 0 Å². The van der Waals surface area contributed by atoms with E-state index in [9.17, 15) is 8.42 Å². The van der Waals surface area contributed by atoms with E-state index in [0.717, 1.165) is 16.6 Å². The number of benzene rings is 1. The zero-order valence-electron chi connectivity index (χ0n) is 12.6. The molecule has 0 bridgehead atoms. The van der Waals surface area contributed by atoms with E-state index < -0.39 is 10.0 Å². The number of rotatable bonds is 6. The van der Waals surface area contributed by atoms with Gasteiger partial charge in [0, 0.05) is 24.3 Å². The second-order valence-electron chi connectivity index (χ2n) is 5.04. The maximum Gasteiger partial charge on any atom is 0.240 e. The molecule has 0 aliphatic rings. The molecule has 2 heterocycles. The molecule has 0 amide bonds. The summed E-state index contributed by atoms with van der Waals surface area (Å²) in [7, 11) is -1.98. The van der Waals surface area contributed by atoms with Gasteiger partial charge in [0.25, 0.3) is 0 Å². The van der Waals surface area contributed by atoms with Crippen LogP contribution in [0, 0.1) is 0 Å². The number of hydrogen-bond acceptors (Lipinski definition) is 4. The highest BCUT2D eigenvalue weighted by molar-refractivity contribution is 7.89. The summed E-state index contributed by atoms with van der Waals surface area (Å²) in [6.07, 6.45) is 4.16. The van der Waals surface area contributed by atoms with Gasteiger partial charge in [-0.3, -0.25) is 0 Å². The van der Waals surface area contributed by atoms with E-state index in [1.54, 1.807) is 18.3 Å². The lowest BCUT2D eigenvalue weighted by molar-refractivity contribution is 0.414. The number of methoxy groups -OCH3 is 1. The van der Waals surface area contributed by atoms with Crippen molar-refractivity contribution in [3.63, 3.8) is 0 Å². The smallest absolute Gasteiger partial charge is 0.240 e. The first kappa shape index (κ1) is 15.5. The molecule has 0 saturated heterocycles. The molecule has 3 rings (SSSR count). The van der Waals surface area contributed by atoms with Gasteiger partial charge >= 0.3 is 0 Å². The third-order valence-corrected chi connectivity index (χ3v) is 5.07. The zero-order valence-corrected chi connectivity index (χ0v) is 13.4. The van der Waals surface area contributed by atoms with Gasteiger partial charge in [-0.25, -0.2) is 18.1 Å². The molecule has 0 spiro atoms. The number of nitrogens with zero attached hydrogens (tertiary/aromatic N) is 1. The fourth-order valence-electron chi connectivity index (χ4n) is 2.38. The lowest BCUT2D eigenvalue weighted by Crippen LogP contribution is -2.25. The first-order valence-corrected chi connectivity index (χ1v) is 8.63. The maximum absolute atomic E-state index is 12.3. The Morgan fingerprint density at radius 1 is 1.22 bits per heavy atom. The summed E-state index contributed by atoms with van der Waals surface area (Å²) in [5.74, 6) is 0.621. The number of sulfonamides is 1. The number of ether oxygens (including phenoxy) is 1. The minimum Gasteiger partial charge on any atom is -0.497 e. The molecule has 0 aliphatic heterocycles. The molecule has 0 radical (unpaired) electrons. The third kappa shape index (κ3) is 3.35. The highest BCUT2D eigenvalue weighted by Crippen LogP contribution is 2.17. The summed E-state index contributed by atoms with van der Waals surface area (Å²) in [6, 6.07) is 10.1. The molecule has 0 atom stereocenters. The fraction of sp³-hybridized carbons (Fsp3) is 0.188. The van der Waals surface area contributed by atoms with Crippen molar-refractivity contribution in [2.24, 2.45) is 0 Å². The van der Waals surface area contributed by atoms with Crippen molar-refractivity contribution >= 4 is 21.1 Å². The molecular weight excluding hydrogens is 314 g/mol. The van der Waals surface area contributed by atoms with E-state index in [4.69, 9.17) is 4.74 Å². The second-order valence-corrected chi connectivity index (χ2v) is 6.80. The number of aromatic amines is 1. The largest absolute Gasteiger partial charge is 0.497 e. The Morgan fingerprint density at radius 3 is 2.74 bits per heavy atom. The van der Waals surface area contributed by atoms with E-state index >= 15 is 0 Å². The SMILES string of the molecule is COc1ccc(S(=O)(=O)NCCc2c[nH]c3ncccc23)cc1. The van der Waals surface area contributed by atoms with Gasteiger partial charge < -0.3 is 9.72 Å². The number of nitrogens with one attached hydrogen (secondary N) is 2. The van der Waals surface area contributed by atoms with Gasteiger partial charge in [0.15, 0.2) is 0 Å². The Balaban J connectivity index is 1.67. The standard InChI is InChI=1S/C16H17N3O3S/c1-22-13-4-6-14(7-5-13)23(20,21)19-10-8-12-11-18-16-15(12)3-2-9-17-16/h2-7,9,11,19H,8,10H2,1H3,(H,17,18). The summed E-state index contributed by atoms with van der Waals surface area (Å²) in [4.78, 5) is 7.52. The molecule has 1 aromatic carbocycles. The molecule has 23 heavy (non-hydrogen) atoms. The molecule has 3 aromatic rings. The van der Waals surface area contributed by atoms with Gasteiger partial charge in [-0.2, -0.15) is 0 Å². The van der Waals surface area contributed by atoms with Gasteiger partial charge in [-0.15, -0.1) is 0 Å². The van der Waals surface area contributed by atoms with Crippen molar-refractivity contribution in [3.05, 3.63) is 54.4 Å². The molecule has 0 fully saturated rings. The predicted octanol–water partition coefficient (Wildman–Crippen LogP) is 2.09.